The maximum Gasteiger partial charge on any atom is 0.247 e. The molecule has 7 nitrogen and oxygen atoms in total. The van der Waals surface area contributed by atoms with E-state index < -0.39 is 0 Å². The molecule has 0 radical (unpaired) electrons. The van der Waals surface area contributed by atoms with Gasteiger partial charge in [-0.2, -0.15) is 4.98 Å². The molecule has 2 aromatic carbocycles. The zero-order valence-corrected chi connectivity index (χ0v) is 21.4. The number of methoxy groups -OCH3 is 1. The average Bonchev–Trinajstić information content (AvgIpc) is 3.33. The average molecular weight is 486 g/mol. The van der Waals surface area contributed by atoms with Crippen LogP contribution in [0.2, 0.25) is 0 Å². The summed E-state index contributed by atoms with van der Waals surface area (Å²) in [5.74, 6) is 1.48. The predicted molar refractivity (Wildman–Crippen MR) is 145 cm³/mol. The summed E-state index contributed by atoms with van der Waals surface area (Å²) in [5, 5.41) is 7.92. The molecule has 1 N–H and O–H groups in total. The molecule has 188 valence electrons. The molecular formula is C29H35N5O2. The van der Waals surface area contributed by atoms with Crippen molar-refractivity contribution in [2.45, 2.75) is 39.5 Å². The Morgan fingerprint density at radius 3 is 2.50 bits per heavy atom. The number of nitrogens with zero attached hydrogens (tertiary/aromatic N) is 4. The highest BCUT2D eigenvalue weighted by molar-refractivity contribution is 5.96. The van der Waals surface area contributed by atoms with Crippen LogP contribution >= 0.6 is 0 Å². The lowest BCUT2D eigenvalue weighted by molar-refractivity contribution is 0.0979. The number of benzene rings is 2. The van der Waals surface area contributed by atoms with Crippen molar-refractivity contribution in [1.82, 2.24) is 19.5 Å². The minimum Gasteiger partial charge on any atom is -0.497 e. The molecule has 0 bridgehead atoms. The maximum atomic E-state index is 12.6. The molecule has 0 aliphatic carbocycles. The first-order chi connectivity index (χ1) is 17.6. The van der Waals surface area contributed by atoms with Gasteiger partial charge in [-0.1, -0.05) is 38.5 Å². The fourth-order valence-corrected chi connectivity index (χ4v) is 4.31. The second kappa shape index (κ2) is 12.3. The molecule has 7 heteroatoms. The number of aromatic nitrogens is 3. The normalized spacial score (nSPS) is 11.2. The second-order valence-corrected chi connectivity index (χ2v) is 8.81. The van der Waals surface area contributed by atoms with Gasteiger partial charge in [0.05, 0.1) is 12.8 Å². The van der Waals surface area contributed by atoms with E-state index in [1.54, 1.807) is 7.11 Å². The monoisotopic (exact) mass is 485 g/mol. The minimum atomic E-state index is 0.193. The van der Waals surface area contributed by atoms with E-state index in [1.165, 1.54) is 0 Å². The van der Waals surface area contributed by atoms with E-state index in [9.17, 15) is 4.79 Å². The van der Waals surface area contributed by atoms with Crippen LogP contribution in [-0.4, -0.2) is 52.0 Å². The molecule has 0 saturated heterocycles. The van der Waals surface area contributed by atoms with Crippen LogP contribution < -0.4 is 10.1 Å². The predicted octanol–water partition coefficient (Wildman–Crippen LogP) is 6.23. The Morgan fingerprint density at radius 2 is 1.75 bits per heavy atom. The fourth-order valence-electron chi connectivity index (χ4n) is 4.31. The van der Waals surface area contributed by atoms with E-state index in [0.717, 1.165) is 72.8 Å². The topological polar surface area (TPSA) is 71.8 Å². The van der Waals surface area contributed by atoms with Crippen LogP contribution in [0.3, 0.4) is 0 Å². The van der Waals surface area contributed by atoms with Crippen molar-refractivity contribution in [2.24, 2.45) is 0 Å². The molecule has 2 aromatic heterocycles. The highest BCUT2D eigenvalue weighted by Crippen LogP contribution is 2.25. The minimum absolute atomic E-state index is 0.193. The number of carbonyl (C=O) groups is 1. The van der Waals surface area contributed by atoms with E-state index in [4.69, 9.17) is 4.74 Å². The number of fused-ring (bicyclic) bond motifs is 1. The number of Topliss-reactive ketones (excluding diaryl/α,β-unsaturated/α-hetero) is 1. The Bertz CT molecular complexity index is 1280. The van der Waals surface area contributed by atoms with Gasteiger partial charge in [-0.15, -0.1) is 5.10 Å². The van der Waals surface area contributed by atoms with Gasteiger partial charge in [0.2, 0.25) is 5.95 Å². The first-order valence-corrected chi connectivity index (χ1v) is 12.7. The maximum absolute atomic E-state index is 12.6. The third-order valence-electron chi connectivity index (χ3n) is 6.46. The van der Waals surface area contributed by atoms with E-state index in [2.05, 4.69) is 34.1 Å². The molecular weight excluding hydrogens is 450 g/mol. The van der Waals surface area contributed by atoms with Gasteiger partial charge in [0.15, 0.2) is 11.4 Å². The number of pyridine rings is 1. The van der Waals surface area contributed by atoms with E-state index in [-0.39, 0.29) is 5.78 Å². The van der Waals surface area contributed by atoms with Gasteiger partial charge >= 0.3 is 0 Å². The molecule has 0 spiro atoms. The van der Waals surface area contributed by atoms with Crippen LogP contribution in [0.25, 0.3) is 16.9 Å². The Hall–Kier alpha value is -3.71. The van der Waals surface area contributed by atoms with Crippen LogP contribution in [0.15, 0.2) is 66.7 Å². The zero-order chi connectivity index (χ0) is 25.3. The van der Waals surface area contributed by atoms with Gasteiger partial charge in [0, 0.05) is 23.2 Å². The molecule has 0 atom stereocenters. The summed E-state index contributed by atoms with van der Waals surface area (Å²) in [6.45, 7) is 7.67. The summed E-state index contributed by atoms with van der Waals surface area (Å²) in [6, 6.07) is 21.3. The highest BCUT2D eigenvalue weighted by atomic mass is 16.5. The zero-order valence-electron chi connectivity index (χ0n) is 21.4. The second-order valence-electron chi connectivity index (χ2n) is 8.81. The van der Waals surface area contributed by atoms with Crippen LogP contribution in [-0.2, 0) is 0 Å². The van der Waals surface area contributed by atoms with Crippen molar-refractivity contribution in [2.75, 3.05) is 32.1 Å². The number of anilines is 2. The number of ketones is 1. The Morgan fingerprint density at radius 1 is 0.972 bits per heavy atom. The molecule has 0 amide bonds. The summed E-state index contributed by atoms with van der Waals surface area (Å²) in [5.41, 5.74) is 4.24. The molecule has 0 aliphatic heterocycles. The summed E-state index contributed by atoms with van der Waals surface area (Å²) >= 11 is 0. The third kappa shape index (κ3) is 6.29. The number of hydrogen-bond acceptors (Lipinski definition) is 6. The first kappa shape index (κ1) is 25.4. The van der Waals surface area contributed by atoms with Crippen LogP contribution in [0.1, 0.15) is 49.9 Å². The lowest BCUT2D eigenvalue weighted by atomic mass is 10.0. The molecule has 0 fully saturated rings. The standard InChI is InChI=1S/C29H35N5O2/c1-4-33(5-2)20-8-6-7-14-27(35)22-16-18-24(19-17-22)30-29-31-28-15-10-13-26(34(28)32-29)23-11-9-12-25(21-23)36-3/h9-13,15-19,21H,4-8,14,20H2,1-3H3,(H,30,32). The molecule has 0 unspecified atom stereocenters. The number of rotatable bonds is 13. The number of nitrogens with one attached hydrogen (secondary N) is 1. The summed E-state index contributed by atoms with van der Waals surface area (Å²) in [6.07, 6.45) is 3.75. The van der Waals surface area contributed by atoms with Gasteiger partial charge in [0.25, 0.3) is 0 Å². The quantitative estimate of drug-likeness (QED) is 0.179. The first-order valence-electron chi connectivity index (χ1n) is 12.7. The van der Waals surface area contributed by atoms with E-state index in [0.29, 0.717) is 12.4 Å². The lowest BCUT2D eigenvalue weighted by Gasteiger charge is -2.17. The summed E-state index contributed by atoms with van der Waals surface area (Å²) in [7, 11) is 1.66. The SMILES string of the molecule is CCN(CC)CCCCCC(=O)c1ccc(Nc2nc3cccc(-c4cccc(OC)c4)n3n2)cc1. The molecule has 2 heterocycles. The Labute approximate surface area is 213 Å². The molecule has 0 saturated carbocycles. The molecule has 36 heavy (non-hydrogen) atoms. The van der Waals surface area contributed by atoms with E-state index >= 15 is 0 Å². The van der Waals surface area contributed by atoms with Gasteiger partial charge in [-0.05, 0) is 81.0 Å². The number of hydrogen-bond donors (Lipinski definition) is 1. The van der Waals surface area contributed by atoms with Crippen molar-refractivity contribution in [1.29, 1.82) is 0 Å². The van der Waals surface area contributed by atoms with Crippen molar-refractivity contribution < 1.29 is 9.53 Å². The Kier molecular flexibility index (Phi) is 8.68. The number of ether oxygens (including phenoxy) is 1. The number of carbonyl (C=O) groups excluding carboxylic acids is 1. The van der Waals surface area contributed by atoms with Crippen molar-refractivity contribution >= 4 is 23.1 Å². The van der Waals surface area contributed by atoms with E-state index in [1.807, 2.05) is 71.2 Å². The van der Waals surface area contributed by atoms with Crippen molar-refractivity contribution in [3.05, 3.63) is 72.3 Å². The van der Waals surface area contributed by atoms with Gasteiger partial charge in [-0.25, -0.2) is 4.52 Å². The number of unbranched alkanes of at least 4 members (excludes halogenated alkanes) is 2. The van der Waals surface area contributed by atoms with Crippen molar-refractivity contribution in [3.8, 4) is 17.0 Å². The smallest absolute Gasteiger partial charge is 0.247 e. The summed E-state index contributed by atoms with van der Waals surface area (Å²) < 4.78 is 7.18. The fraction of sp³-hybridized carbons (Fsp3) is 0.345. The molecule has 4 aromatic rings. The van der Waals surface area contributed by atoms with Crippen LogP contribution in [0.4, 0.5) is 11.6 Å². The lowest BCUT2D eigenvalue weighted by Crippen LogP contribution is -2.23. The molecule has 4 rings (SSSR count). The largest absolute Gasteiger partial charge is 0.497 e. The van der Waals surface area contributed by atoms with Crippen LogP contribution in [0.5, 0.6) is 5.75 Å². The van der Waals surface area contributed by atoms with Crippen molar-refractivity contribution in [3.63, 3.8) is 0 Å². The Balaban J connectivity index is 1.37. The molecule has 0 aliphatic rings. The third-order valence-corrected chi connectivity index (χ3v) is 6.46. The van der Waals surface area contributed by atoms with Crippen LogP contribution in [0, 0.1) is 0 Å². The van der Waals surface area contributed by atoms with Gasteiger partial charge < -0.3 is 15.0 Å². The highest BCUT2D eigenvalue weighted by Gasteiger charge is 2.11. The summed E-state index contributed by atoms with van der Waals surface area (Å²) in [4.78, 5) is 19.6. The van der Waals surface area contributed by atoms with Gasteiger partial charge in [0.1, 0.15) is 5.75 Å². The van der Waals surface area contributed by atoms with Gasteiger partial charge in [-0.3, -0.25) is 4.79 Å².